The van der Waals surface area contributed by atoms with Gasteiger partial charge in [-0.15, -0.1) is 5.10 Å². The van der Waals surface area contributed by atoms with Gasteiger partial charge in [0.15, 0.2) is 0 Å². The van der Waals surface area contributed by atoms with Crippen LogP contribution in [0.25, 0.3) is 11.5 Å². The van der Waals surface area contributed by atoms with Gasteiger partial charge in [-0.1, -0.05) is 18.9 Å². The van der Waals surface area contributed by atoms with E-state index in [1.807, 2.05) is 13.8 Å². The molecule has 1 aliphatic heterocycles. The maximum absolute atomic E-state index is 12.6. The Hall–Kier alpha value is -3.30. The van der Waals surface area contributed by atoms with Gasteiger partial charge in [-0.25, -0.2) is 0 Å². The number of amides is 2. The Bertz CT molecular complexity index is 835. The van der Waals surface area contributed by atoms with Crippen LogP contribution in [-0.4, -0.2) is 51.4 Å². The first-order chi connectivity index (χ1) is 13.0. The third-order valence-electron chi connectivity index (χ3n) is 4.14. The highest BCUT2D eigenvalue weighted by molar-refractivity contribution is 6.39. The Labute approximate surface area is 155 Å². The van der Waals surface area contributed by atoms with Gasteiger partial charge in [0.05, 0.1) is 11.6 Å². The summed E-state index contributed by atoms with van der Waals surface area (Å²) in [5.41, 5.74) is 0.655. The van der Waals surface area contributed by atoms with Crippen LogP contribution in [-0.2, 0) is 14.4 Å². The number of piperidine rings is 1. The van der Waals surface area contributed by atoms with Gasteiger partial charge in [-0.2, -0.15) is 0 Å². The number of pyridine rings is 1. The fraction of sp³-hybridized carbons (Fsp3) is 0.412. The molecular weight excluding hydrogens is 352 g/mol. The molecule has 1 saturated heterocycles. The topological polar surface area (TPSA) is 139 Å². The third kappa shape index (κ3) is 4.27. The lowest BCUT2D eigenvalue weighted by Gasteiger charge is -2.26. The van der Waals surface area contributed by atoms with E-state index in [0.717, 1.165) is 0 Å². The molecule has 3 rings (SSSR count). The Kier molecular flexibility index (Phi) is 5.43. The summed E-state index contributed by atoms with van der Waals surface area (Å²) in [4.78, 5) is 39.9. The summed E-state index contributed by atoms with van der Waals surface area (Å²) in [6.07, 6.45) is 3.57. The zero-order valence-electron chi connectivity index (χ0n) is 14.9. The number of hydrogen-bond donors (Lipinski definition) is 3. The summed E-state index contributed by atoms with van der Waals surface area (Å²) in [5.74, 6) is -1.61. The van der Waals surface area contributed by atoms with Gasteiger partial charge >= 0.3 is 6.01 Å². The van der Waals surface area contributed by atoms with Crippen molar-refractivity contribution in [2.24, 2.45) is 5.92 Å². The summed E-state index contributed by atoms with van der Waals surface area (Å²) in [5, 5.41) is 15.8. The highest BCUT2D eigenvalue weighted by Crippen LogP contribution is 2.20. The van der Waals surface area contributed by atoms with E-state index in [0.29, 0.717) is 18.5 Å². The molecule has 2 amide bonds. The number of anilines is 1. The molecule has 1 aliphatic rings. The van der Waals surface area contributed by atoms with Crippen molar-refractivity contribution in [3.8, 4) is 11.5 Å². The minimum Gasteiger partial charge on any atom is -0.403 e. The minimum atomic E-state index is -0.831. The lowest BCUT2D eigenvalue weighted by molar-refractivity contribution is -0.141. The summed E-state index contributed by atoms with van der Waals surface area (Å²) < 4.78 is 5.54. The van der Waals surface area contributed by atoms with Crippen LogP contribution in [0.4, 0.5) is 6.01 Å². The highest BCUT2D eigenvalue weighted by Gasteiger charge is 2.33. The Balaban J connectivity index is 1.69. The lowest BCUT2D eigenvalue weighted by Crippen LogP contribution is -2.56. The van der Waals surface area contributed by atoms with Crippen LogP contribution in [0.3, 0.4) is 0 Å². The molecule has 0 bridgehead atoms. The molecule has 2 aromatic heterocycles. The first-order valence-electron chi connectivity index (χ1n) is 8.58. The second-order valence-corrected chi connectivity index (χ2v) is 6.49. The van der Waals surface area contributed by atoms with E-state index in [1.54, 1.807) is 24.5 Å². The molecular formula is C17H20N6O4. The molecule has 3 heterocycles. The SMILES string of the molecule is CC(C)C(Nc1nnc(-c2cccnc2)o1)C(=O)NC1CCNC(=O)C1=O. The number of carbonyl (C=O) groups is 3. The molecule has 2 unspecified atom stereocenters. The van der Waals surface area contributed by atoms with Crippen molar-refractivity contribution in [1.82, 2.24) is 25.8 Å². The molecule has 3 N–H and O–H groups in total. The molecule has 0 spiro atoms. The van der Waals surface area contributed by atoms with Crippen LogP contribution in [0.15, 0.2) is 28.9 Å². The molecule has 142 valence electrons. The van der Waals surface area contributed by atoms with Crippen LogP contribution in [0, 0.1) is 5.92 Å². The fourth-order valence-corrected chi connectivity index (χ4v) is 2.66. The number of nitrogens with zero attached hydrogens (tertiary/aromatic N) is 3. The maximum Gasteiger partial charge on any atom is 0.316 e. The molecule has 0 aliphatic carbocycles. The molecule has 0 radical (unpaired) electrons. The molecule has 2 atom stereocenters. The van der Waals surface area contributed by atoms with E-state index in [4.69, 9.17) is 4.42 Å². The molecule has 27 heavy (non-hydrogen) atoms. The molecule has 1 fully saturated rings. The number of rotatable bonds is 6. The van der Waals surface area contributed by atoms with Gasteiger partial charge in [0.2, 0.25) is 11.7 Å². The van der Waals surface area contributed by atoms with Gasteiger partial charge in [0, 0.05) is 18.9 Å². The van der Waals surface area contributed by atoms with Gasteiger partial charge in [-0.3, -0.25) is 19.4 Å². The summed E-state index contributed by atoms with van der Waals surface area (Å²) in [7, 11) is 0. The van der Waals surface area contributed by atoms with E-state index in [-0.39, 0.29) is 17.8 Å². The predicted molar refractivity (Wildman–Crippen MR) is 94.3 cm³/mol. The average molecular weight is 372 g/mol. The van der Waals surface area contributed by atoms with E-state index in [9.17, 15) is 14.4 Å². The number of Topliss-reactive ketones (excluding diaryl/α,β-unsaturated/α-hetero) is 1. The summed E-state index contributed by atoms with van der Waals surface area (Å²) in [6, 6.07) is 2.05. The number of aromatic nitrogens is 3. The second-order valence-electron chi connectivity index (χ2n) is 6.49. The van der Waals surface area contributed by atoms with Gasteiger partial charge in [-0.05, 0) is 24.5 Å². The van der Waals surface area contributed by atoms with Crippen molar-refractivity contribution >= 4 is 23.6 Å². The standard InChI is InChI=1S/C17H20N6O4/c1-9(2)12(14(25)20-11-5-7-19-15(26)13(11)24)21-17-23-22-16(27-17)10-4-3-6-18-8-10/h3-4,6,8-9,11-12H,5,7H2,1-2H3,(H,19,26)(H,20,25)(H,21,23). The third-order valence-corrected chi connectivity index (χ3v) is 4.14. The first-order valence-corrected chi connectivity index (χ1v) is 8.58. The maximum atomic E-state index is 12.6. The summed E-state index contributed by atoms with van der Waals surface area (Å²) in [6.45, 7) is 4.02. The Morgan fingerprint density at radius 2 is 2.15 bits per heavy atom. The lowest BCUT2D eigenvalue weighted by atomic mass is 10.0. The second kappa shape index (κ2) is 7.94. The van der Waals surface area contributed by atoms with E-state index < -0.39 is 29.7 Å². The first kappa shape index (κ1) is 18.5. The Morgan fingerprint density at radius 1 is 1.33 bits per heavy atom. The van der Waals surface area contributed by atoms with Crippen LogP contribution >= 0.6 is 0 Å². The number of hydrogen-bond acceptors (Lipinski definition) is 8. The van der Waals surface area contributed by atoms with Crippen molar-refractivity contribution in [2.45, 2.75) is 32.4 Å². The number of ketones is 1. The smallest absolute Gasteiger partial charge is 0.316 e. The van der Waals surface area contributed by atoms with Crippen molar-refractivity contribution in [3.05, 3.63) is 24.5 Å². The molecule has 0 saturated carbocycles. The molecule has 0 aromatic carbocycles. The van der Waals surface area contributed by atoms with E-state index >= 15 is 0 Å². The van der Waals surface area contributed by atoms with Crippen molar-refractivity contribution < 1.29 is 18.8 Å². The van der Waals surface area contributed by atoms with Crippen molar-refractivity contribution in [2.75, 3.05) is 11.9 Å². The van der Waals surface area contributed by atoms with Crippen LogP contribution in [0.2, 0.25) is 0 Å². The number of carbonyl (C=O) groups excluding carboxylic acids is 3. The van der Waals surface area contributed by atoms with E-state index in [2.05, 4.69) is 31.1 Å². The van der Waals surface area contributed by atoms with Crippen molar-refractivity contribution in [1.29, 1.82) is 0 Å². The van der Waals surface area contributed by atoms with Crippen molar-refractivity contribution in [3.63, 3.8) is 0 Å². The Morgan fingerprint density at radius 3 is 2.85 bits per heavy atom. The minimum absolute atomic E-state index is 0.0791. The monoisotopic (exact) mass is 372 g/mol. The highest BCUT2D eigenvalue weighted by atomic mass is 16.4. The summed E-state index contributed by atoms with van der Waals surface area (Å²) >= 11 is 0. The van der Waals surface area contributed by atoms with E-state index in [1.165, 1.54) is 0 Å². The molecule has 10 heteroatoms. The largest absolute Gasteiger partial charge is 0.403 e. The average Bonchev–Trinajstić information content (AvgIpc) is 3.13. The molecule has 10 nitrogen and oxygen atoms in total. The van der Waals surface area contributed by atoms with Gasteiger partial charge in [0.1, 0.15) is 6.04 Å². The van der Waals surface area contributed by atoms with Crippen LogP contribution in [0.5, 0.6) is 0 Å². The van der Waals surface area contributed by atoms with Crippen LogP contribution < -0.4 is 16.0 Å². The van der Waals surface area contributed by atoms with Crippen LogP contribution in [0.1, 0.15) is 20.3 Å². The quantitative estimate of drug-likeness (QED) is 0.609. The zero-order chi connectivity index (χ0) is 19.4. The zero-order valence-corrected chi connectivity index (χ0v) is 14.9. The molecule has 2 aromatic rings. The normalized spacial score (nSPS) is 18.1. The van der Waals surface area contributed by atoms with Gasteiger partial charge in [0.25, 0.3) is 11.8 Å². The fourth-order valence-electron chi connectivity index (χ4n) is 2.66. The van der Waals surface area contributed by atoms with Gasteiger partial charge < -0.3 is 20.4 Å². The predicted octanol–water partition coefficient (Wildman–Crippen LogP) is 0.142. The number of nitrogens with one attached hydrogen (secondary N) is 3.